The van der Waals surface area contributed by atoms with Crippen LogP contribution in [-0.4, -0.2) is 23.3 Å². The van der Waals surface area contributed by atoms with Crippen molar-refractivity contribution in [3.8, 4) is 0 Å². The van der Waals surface area contributed by atoms with Crippen molar-refractivity contribution < 1.29 is 14.6 Å². The molecule has 0 aliphatic carbocycles. The summed E-state index contributed by atoms with van der Waals surface area (Å²) in [7, 11) is 0. The fourth-order valence-electron chi connectivity index (χ4n) is 0.723. The van der Waals surface area contributed by atoms with Crippen molar-refractivity contribution in [2.75, 3.05) is 6.61 Å². The Bertz CT molecular complexity index is 166. The van der Waals surface area contributed by atoms with Crippen LogP contribution in [-0.2, 0) is 4.74 Å². The fourth-order valence-corrected chi connectivity index (χ4v) is 0.723. The number of aliphatic hydroxyl groups is 1. The third-order valence-corrected chi connectivity index (χ3v) is 1.37. The quantitative estimate of drug-likeness (QED) is 0.624. The smallest absolute Gasteiger partial charge is 0.412 e. The van der Waals surface area contributed by atoms with Crippen LogP contribution in [0.1, 0.15) is 20.3 Å². The summed E-state index contributed by atoms with van der Waals surface area (Å²) >= 11 is 0. The van der Waals surface area contributed by atoms with E-state index in [-0.39, 0.29) is 6.61 Å². The van der Waals surface area contributed by atoms with Crippen molar-refractivity contribution in [2.45, 2.75) is 25.8 Å². The molecule has 0 spiro atoms. The topological polar surface area (TPSA) is 58.6 Å². The fraction of sp³-hybridized carbons (Fsp3) is 0.625. The highest BCUT2D eigenvalue weighted by atomic mass is 16.5. The van der Waals surface area contributed by atoms with Gasteiger partial charge in [-0.15, -0.1) is 0 Å². The van der Waals surface area contributed by atoms with Crippen molar-refractivity contribution >= 4 is 6.09 Å². The van der Waals surface area contributed by atoms with Crippen LogP contribution in [0.3, 0.4) is 0 Å². The van der Waals surface area contributed by atoms with E-state index in [1.165, 1.54) is 0 Å². The van der Waals surface area contributed by atoms with Crippen molar-refractivity contribution in [1.29, 1.82) is 0 Å². The molecule has 4 heteroatoms. The number of carbonyl (C=O) groups excluding carboxylic acids is 1. The standard InChI is InChI=1S/C8H15NO3/c1-4-12-7(11)9-8(2,3)5-6-10/h4,10H,1,5-6H2,2-3H3,(H,9,11). The highest BCUT2D eigenvalue weighted by Crippen LogP contribution is 2.06. The Morgan fingerprint density at radius 3 is 2.75 bits per heavy atom. The number of hydrogen-bond donors (Lipinski definition) is 2. The predicted octanol–water partition coefficient (Wildman–Crippen LogP) is 1.02. The van der Waals surface area contributed by atoms with E-state index < -0.39 is 11.6 Å². The lowest BCUT2D eigenvalue weighted by Crippen LogP contribution is -2.43. The molecule has 0 aromatic rings. The lowest BCUT2D eigenvalue weighted by Gasteiger charge is -2.23. The molecular formula is C8H15NO3. The van der Waals surface area contributed by atoms with Gasteiger partial charge in [0.2, 0.25) is 0 Å². The summed E-state index contributed by atoms with van der Waals surface area (Å²) in [5.41, 5.74) is -0.450. The van der Waals surface area contributed by atoms with E-state index in [9.17, 15) is 4.79 Å². The molecule has 0 heterocycles. The van der Waals surface area contributed by atoms with Crippen LogP contribution in [0.15, 0.2) is 12.8 Å². The van der Waals surface area contributed by atoms with Crippen LogP contribution in [0.2, 0.25) is 0 Å². The molecule has 0 aliphatic rings. The number of rotatable bonds is 4. The summed E-state index contributed by atoms with van der Waals surface area (Å²) in [4.78, 5) is 10.8. The molecule has 0 aromatic heterocycles. The van der Waals surface area contributed by atoms with Crippen LogP contribution in [0.4, 0.5) is 4.79 Å². The minimum absolute atomic E-state index is 0.0291. The third kappa shape index (κ3) is 4.73. The molecule has 1 amide bonds. The second kappa shape index (κ2) is 4.77. The molecule has 70 valence electrons. The maximum Gasteiger partial charge on any atom is 0.412 e. The molecule has 12 heavy (non-hydrogen) atoms. The van der Waals surface area contributed by atoms with Gasteiger partial charge in [-0.2, -0.15) is 0 Å². The van der Waals surface area contributed by atoms with Gasteiger partial charge in [-0.3, -0.25) is 0 Å². The molecule has 0 fully saturated rings. The minimum Gasteiger partial charge on any atom is -0.419 e. The summed E-state index contributed by atoms with van der Waals surface area (Å²) in [6.07, 6.45) is 0.993. The maximum absolute atomic E-state index is 10.8. The van der Waals surface area contributed by atoms with Gasteiger partial charge >= 0.3 is 6.09 Å². The highest BCUT2D eigenvalue weighted by molar-refractivity contribution is 5.68. The monoisotopic (exact) mass is 173 g/mol. The van der Waals surface area contributed by atoms with E-state index in [2.05, 4.69) is 16.6 Å². The predicted molar refractivity (Wildman–Crippen MR) is 45.6 cm³/mol. The van der Waals surface area contributed by atoms with Gasteiger partial charge in [0.15, 0.2) is 0 Å². The van der Waals surface area contributed by atoms with Crippen molar-refractivity contribution in [3.05, 3.63) is 12.8 Å². The molecule has 4 nitrogen and oxygen atoms in total. The van der Waals surface area contributed by atoms with Gasteiger partial charge in [0.25, 0.3) is 0 Å². The highest BCUT2D eigenvalue weighted by Gasteiger charge is 2.19. The van der Waals surface area contributed by atoms with E-state index in [0.717, 1.165) is 6.26 Å². The number of ether oxygens (including phenoxy) is 1. The van der Waals surface area contributed by atoms with E-state index in [1.54, 1.807) is 13.8 Å². The van der Waals surface area contributed by atoms with Crippen molar-refractivity contribution in [1.82, 2.24) is 5.32 Å². The second-order valence-corrected chi connectivity index (χ2v) is 3.05. The van der Waals surface area contributed by atoms with Gasteiger partial charge in [0, 0.05) is 12.1 Å². The average molecular weight is 173 g/mol. The van der Waals surface area contributed by atoms with Gasteiger partial charge in [-0.1, -0.05) is 6.58 Å². The molecular weight excluding hydrogens is 158 g/mol. The molecule has 0 bridgehead atoms. The van der Waals surface area contributed by atoms with Gasteiger partial charge in [0.05, 0.1) is 6.26 Å². The summed E-state index contributed by atoms with van der Waals surface area (Å²) in [5, 5.41) is 11.2. The molecule has 2 N–H and O–H groups in total. The Kier molecular flexibility index (Phi) is 4.36. The summed E-state index contributed by atoms with van der Waals surface area (Å²) in [5.74, 6) is 0. The van der Waals surface area contributed by atoms with Crippen molar-refractivity contribution in [3.63, 3.8) is 0 Å². The summed E-state index contributed by atoms with van der Waals surface area (Å²) < 4.78 is 4.46. The first-order chi connectivity index (χ1) is 5.52. The minimum atomic E-state index is -0.552. The lowest BCUT2D eigenvalue weighted by molar-refractivity contribution is 0.165. The molecule has 0 saturated heterocycles. The third-order valence-electron chi connectivity index (χ3n) is 1.37. The number of nitrogens with one attached hydrogen (secondary N) is 1. The zero-order valence-electron chi connectivity index (χ0n) is 7.46. The zero-order chi connectivity index (χ0) is 9.61. The van der Waals surface area contributed by atoms with E-state index in [1.807, 2.05) is 0 Å². The normalized spacial score (nSPS) is 10.6. The Morgan fingerprint density at radius 1 is 1.75 bits per heavy atom. The van der Waals surface area contributed by atoms with Crippen LogP contribution in [0, 0.1) is 0 Å². The first-order valence-corrected chi connectivity index (χ1v) is 3.72. The van der Waals surface area contributed by atoms with Gasteiger partial charge in [-0.25, -0.2) is 4.79 Å². The summed E-state index contributed by atoms with van der Waals surface area (Å²) in [6.45, 7) is 6.87. The van der Waals surface area contributed by atoms with Crippen LogP contribution >= 0.6 is 0 Å². The van der Waals surface area contributed by atoms with Crippen LogP contribution < -0.4 is 5.32 Å². The van der Waals surface area contributed by atoms with E-state index >= 15 is 0 Å². The van der Waals surface area contributed by atoms with E-state index in [4.69, 9.17) is 5.11 Å². The second-order valence-electron chi connectivity index (χ2n) is 3.05. The SMILES string of the molecule is C=COC(=O)NC(C)(C)CCO. The Hall–Kier alpha value is -1.03. The number of aliphatic hydroxyl groups excluding tert-OH is 1. The number of alkyl carbamates (subject to hydrolysis) is 1. The number of carbonyl (C=O) groups is 1. The van der Waals surface area contributed by atoms with Gasteiger partial charge in [0.1, 0.15) is 0 Å². The molecule has 0 aliphatic heterocycles. The first kappa shape index (κ1) is 11.0. The van der Waals surface area contributed by atoms with Crippen LogP contribution in [0.5, 0.6) is 0 Å². The molecule has 0 aromatic carbocycles. The Labute approximate surface area is 72.2 Å². The van der Waals surface area contributed by atoms with Gasteiger partial charge < -0.3 is 15.2 Å². The summed E-state index contributed by atoms with van der Waals surface area (Å²) in [6, 6.07) is 0. The molecule has 0 unspecified atom stereocenters. The Balaban J connectivity index is 3.87. The molecule has 0 radical (unpaired) electrons. The molecule has 0 rings (SSSR count). The number of amides is 1. The molecule has 0 atom stereocenters. The lowest BCUT2D eigenvalue weighted by atomic mass is 10.0. The number of hydrogen-bond acceptors (Lipinski definition) is 3. The maximum atomic E-state index is 10.8. The van der Waals surface area contributed by atoms with Gasteiger partial charge in [-0.05, 0) is 20.3 Å². The molecule has 0 saturated carbocycles. The average Bonchev–Trinajstić information content (AvgIpc) is 1.85. The van der Waals surface area contributed by atoms with Crippen molar-refractivity contribution in [2.24, 2.45) is 0 Å². The Morgan fingerprint density at radius 2 is 2.33 bits per heavy atom. The largest absolute Gasteiger partial charge is 0.419 e. The zero-order valence-corrected chi connectivity index (χ0v) is 7.46. The first-order valence-electron chi connectivity index (χ1n) is 3.72. The van der Waals surface area contributed by atoms with Crippen LogP contribution in [0.25, 0.3) is 0 Å². The van der Waals surface area contributed by atoms with E-state index in [0.29, 0.717) is 6.42 Å².